The predicted octanol–water partition coefficient (Wildman–Crippen LogP) is 3.19. The summed E-state index contributed by atoms with van der Waals surface area (Å²) in [5.41, 5.74) is 1.79. The highest BCUT2D eigenvalue weighted by Gasteiger charge is 2.24. The Kier molecular flexibility index (Phi) is 5.23. The average Bonchev–Trinajstić information content (AvgIpc) is 2.62. The summed E-state index contributed by atoms with van der Waals surface area (Å²) in [7, 11) is -3.30. The Morgan fingerprint density at radius 1 is 1.04 bits per heavy atom. The highest BCUT2D eigenvalue weighted by atomic mass is 32.2. The van der Waals surface area contributed by atoms with Crippen molar-refractivity contribution >= 4 is 15.7 Å². The van der Waals surface area contributed by atoms with Crippen molar-refractivity contribution in [3.05, 3.63) is 65.7 Å². The van der Waals surface area contributed by atoms with Crippen LogP contribution in [-0.4, -0.2) is 38.6 Å². The molecule has 0 spiro atoms. The zero-order valence-corrected chi connectivity index (χ0v) is 15.2. The molecule has 1 saturated heterocycles. The molecule has 1 fully saturated rings. The molecular formula is C20H23NO3S. The minimum atomic E-state index is -3.30. The number of likely N-dealkylation sites (tertiary alicyclic amines) is 1. The van der Waals surface area contributed by atoms with Gasteiger partial charge in [-0.2, -0.15) is 0 Å². The quantitative estimate of drug-likeness (QED) is 0.844. The lowest BCUT2D eigenvalue weighted by atomic mass is 9.90. The first kappa shape index (κ1) is 17.7. The molecule has 0 N–H and O–H groups in total. The van der Waals surface area contributed by atoms with E-state index in [2.05, 4.69) is 24.3 Å². The Labute approximate surface area is 149 Å². The lowest BCUT2D eigenvalue weighted by Gasteiger charge is -2.32. The number of sulfone groups is 1. The summed E-state index contributed by atoms with van der Waals surface area (Å²) < 4.78 is 23.4. The zero-order valence-electron chi connectivity index (χ0n) is 14.4. The van der Waals surface area contributed by atoms with Gasteiger partial charge in [-0.1, -0.05) is 36.4 Å². The molecule has 2 aromatic rings. The van der Waals surface area contributed by atoms with E-state index in [9.17, 15) is 13.2 Å². The molecule has 1 aliphatic heterocycles. The van der Waals surface area contributed by atoms with Crippen LogP contribution in [0.4, 0.5) is 0 Å². The second-order valence-corrected chi connectivity index (χ2v) is 8.74. The molecule has 0 radical (unpaired) electrons. The van der Waals surface area contributed by atoms with Gasteiger partial charge in [0.25, 0.3) is 5.91 Å². The maximum Gasteiger partial charge on any atom is 0.253 e. The van der Waals surface area contributed by atoms with Gasteiger partial charge in [0.05, 0.1) is 4.90 Å². The molecule has 4 nitrogen and oxygen atoms in total. The first-order valence-corrected chi connectivity index (χ1v) is 10.5. The second-order valence-electron chi connectivity index (χ2n) is 6.73. The molecule has 0 atom stereocenters. The number of hydrogen-bond acceptors (Lipinski definition) is 3. The topological polar surface area (TPSA) is 54.5 Å². The maximum absolute atomic E-state index is 12.7. The average molecular weight is 357 g/mol. The molecule has 0 aromatic heterocycles. The fraction of sp³-hybridized carbons (Fsp3) is 0.350. The van der Waals surface area contributed by atoms with E-state index in [4.69, 9.17) is 0 Å². The summed E-state index contributed by atoms with van der Waals surface area (Å²) in [6.45, 7) is 1.44. The van der Waals surface area contributed by atoms with Crippen molar-refractivity contribution in [3.63, 3.8) is 0 Å². The van der Waals surface area contributed by atoms with Gasteiger partial charge in [-0.15, -0.1) is 0 Å². The maximum atomic E-state index is 12.7. The standard InChI is InChI=1S/C20H23NO3S/c1-25(23,24)19-9-5-8-18(15-19)20(22)21-12-10-17(11-13-21)14-16-6-3-2-4-7-16/h2-9,15,17H,10-14H2,1H3. The normalized spacial score (nSPS) is 16.0. The van der Waals surface area contributed by atoms with Crippen LogP contribution in [0.3, 0.4) is 0 Å². The lowest BCUT2D eigenvalue weighted by molar-refractivity contribution is 0.0690. The van der Waals surface area contributed by atoms with Crippen LogP contribution in [0.15, 0.2) is 59.5 Å². The molecule has 1 aliphatic rings. The number of carbonyl (C=O) groups is 1. The lowest BCUT2D eigenvalue weighted by Crippen LogP contribution is -2.39. The number of piperidine rings is 1. The molecular weight excluding hydrogens is 334 g/mol. The van der Waals surface area contributed by atoms with Gasteiger partial charge in [0.15, 0.2) is 9.84 Å². The molecule has 3 rings (SSSR count). The van der Waals surface area contributed by atoms with Gasteiger partial charge in [0.2, 0.25) is 0 Å². The fourth-order valence-electron chi connectivity index (χ4n) is 3.33. The largest absolute Gasteiger partial charge is 0.339 e. The van der Waals surface area contributed by atoms with Crippen LogP contribution in [-0.2, 0) is 16.3 Å². The number of nitrogens with zero attached hydrogens (tertiary/aromatic N) is 1. The third kappa shape index (κ3) is 4.48. The van der Waals surface area contributed by atoms with Gasteiger partial charge in [0, 0.05) is 24.9 Å². The van der Waals surface area contributed by atoms with Gasteiger partial charge in [-0.3, -0.25) is 4.79 Å². The minimum absolute atomic E-state index is 0.0799. The van der Waals surface area contributed by atoms with Gasteiger partial charge in [-0.05, 0) is 48.9 Å². The summed E-state index contributed by atoms with van der Waals surface area (Å²) in [4.78, 5) is 14.7. The third-order valence-corrected chi connectivity index (χ3v) is 5.89. The van der Waals surface area contributed by atoms with E-state index in [0.29, 0.717) is 11.5 Å². The zero-order chi connectivity index (χ0) is 17.9. The first-order valence-electron chi connectivity index (χ1n) is 8.57. The molecule has 0 aliphatic carbocycles. The Morgan fingerprint density at radius 2 is 1.72 bits per heavy atom. The van der Waals surface area contributed by atoms with E-state index in [1.807, 2.05) is 11.0 Å². The van der Waals surface area contributed by atoms with Crippen molar-refractivity contribution in [2.24, 2.45) is 5.92 Å². The van der Waals surface area contributed by atoms with E-state index in [1.165, 1.54) is 17.7 Å². The molecule has 0 saturated carbocycles. The van der Waals surface area contributed by atoms with E-state index in [1.54, 1.807) is 12.1 Å². The van der Waals surface area contributed by atoms with Crippen LogP contribution in [0.25, 0.3) is 0 Å². The summed E-state index contributed by atoms with van der Waals surface area (Å²) in [5, 5.41) is 0. The SMILES string of the molecule is CS(=O)(=O)c1cccc(C(=O)N2CCC(Cc3ccccc3)CC2)c1. The van der Waals surface area contributed by atoms with Crippen LogP contribution in [0.5, 0.6) is 0 Å². The van der Waals surface area contributed by atoms with Crippen molar-refractivity contribution in [1.29, 1.82) is 0 Å². The molecule has 1 heterocycles. The van der Waals surface area contributed by atoms with Crippen molar-refractivity contribution in [2.75, 3.05) is 19.3 Å². The highest BCUT2D eigenvalue weighted by molar-refractivity contribution is 7.90. The smallest absolute Gasteiger partial charge is 0.253 e. The minimum Gasteiger partial charge on any atom is -0.339 e. The number of rotatable bonds is 4. The summed E-state index contributed by atoms with van der Waals surface area (Å²) in [5.74, 6) is 0.512. The molecule has 5 heteroatoms. The molecule has 0 bridgehead atoms. The van der Waals surface area contributed by atoms with Gasteiger partial charge < -0.3 is 4.90 Å². The number of benzene rings is 2. The Hall–Kier alpha value is -2.14. The van der Waals surface area contributed by atoms with Crippen LogP contribution >= 0.6 is 0 Å². The third-order valence-electron chi connectivity index (χ3n) is 4.78. The number of hydrogen-bond donors (Lipinski definition) is 0. The molecule has 132 valence electrons. The van der Waals surface area contributed by atoms with E-state index < -0.39 is 9.84 Å². The van der Waals surface area contributed by atoms with E-state index in [-0.39, 0.29) is 10.8 Å². The fourth-order valence-corrected chi connectivity index (χ4v) is 4.00. The van der Waals surface area contributed by atoms with Gasteiger partial charge in [0.1, 0.15) is 0 Å². The molecule has 25 heavy (non-hydrogen) atoms. The Bertz CT molecular complexity index is 838. The summed E-state index contributed by atoms with van der Waals surface area (Å²) in [6, 6.07) is 16.8. The van der Waals surface area contributed by atoms with Crippen LogP contribution in [0.2, 0.25) is 0 Å². The van der Waals surface area contributed by atoms with Crippen LogP contribution in [0, 0.1) is 5.92 Å². The molecule has 2 aromatic carbocycles. The predicted molar refractivity (Wildman–Crippen MR) is 98.3 cm³/mol. The van der Waals surface area contributed by atoms with Crippen LogP contribution < -0.4 is 0 Å². The van der Waals surface area contributed by atoms with E-state index >= 15 is 0 Å². The summed E-state index contributed by atoms with van der Waals surface area (Å²) in [6.07, 6.45) is 4.16. The van der Waals surface area contributed by atoms with Crippen LogP contribution in [0.1, 0.15) is 28.8 Å². The first-order chi connectivity index (χ1) is 11.9. The van der Waals surface area contributed by atoms with Crippen molar-refractivity contribution in [2.45, 2.75) is 24.2 Å². The van der Waals surface area contributed by atoms with Crippen molar-refractivity contribution < 1.29 is 13.2 Å². The van der Waals surface area contributed by atoms with Gasteiger partial charge >= 0.3 is 0 Å². The van der Waals surface area contributed by atoms with Crippen molar-refractivity contribution in [1.82, 2.24) is 4.90 Å². The second kappa shape index (κ2) is 7.40. The van der Waals surface area contributed by atoms with E-state index in [0.717, 1.165) is 38.6 Å². The van der Waals surface area contributed by atoms with Gasteiger partial charge in [-0.25, -0.2) is 8.42 Å². The monoisotopic (exact) mass is 357 g/mol. The Morgan fingerprint density at radius 3 is 2.36 bits per heavy atom. The Balaban J connectivity index is 1.62. The number of amides is 1. The molecule has 1 amide bonds. The highest BCUT2D eigenvalue weighted by Crippen LogP contribution is 2.23. The molecule has 0 unspecified atom stereocenters. The summed E-state index contributed by atoms with van der Waals surface area (Å²) >= 11 is 0. The number of carbonyl (C=O) groups excluding carboxylic acids is 1. The van der Waals surface area contributed by atoms with Crippen molar-refractivity contribution in [3.8, 4) is 0 Å².